The van der Waals surface area contributed by atoms with Crippen LogP contribution in [0.5, 0.6) is 11.5 Å². The smallest absolute Gasteiger partial charge is 0.210 e. The number of hydrogen-bond acceptors (Lipinski definition) is 8. The Kier molecular flexibility index (Phi) is 6.08. The lowest BCUT2D eigenvalue weighted by Gasteiger charge is -2.07. The van der Waals surface area contributed by atoms with Crippen molar-refractivity contribution in [2.24, 2.45) is 0 Å². The van der Waals surface area contributed by atoms with E-state index in [1.54, 1.807) is 32.4 Å². The highest BCUT2D eigenvalue weighted by Gasteiger charge is 2.12. The monoisotopic (exact) mass is 387 g/mol. The van der Waals surface area contributed by atoms with E-state index in [1.807, 2.05) is 30.3 Å². The molecular weight excluding hydrogens is 370 g/mol. The summed E-state index contributed by atoms with van der Waals surface area (Å²) in [5, 5.41) is 12.1. The molecule has 0 aliphatic heterocycles. The highest BCUT2D eigenvalue weighted by molar-refractivity contribution is 8.01. The van der Waals surface area contributed by atoms with E-state index >= 15 is 0 Å². The summed E-state index contributed by atoms with van der Waals surface area (Å²) in [6.07, 6.45) is 0. The molecule has 3 aromatic rings. The molecule has 0 spiro atoms. The second-order valence-corrected chi connectivity index (χ2v) is 7.34. The summed E-state index contributed by atoms with van der Waals surface area (Å²) in [6.45, 7) is 0. The number of carbonyl (C=O) groups excluding carboxylic acids is 1. The van der Waals surface area contributed by atoms with E-state index in [0.29, 0.717) is 16.4 Å². The fraction of sp³-hybridized carbons (Fsp3) is 0.167. The van der Waals surface area contributed by atoms with Gasteiger partial charge >= 0.3 is 0 Å². The summed E-state index contributed by atoms with van der Waals surface area (Å²) in [7, 11) is 3.20. The summed E-state index contributed by atoms with van der Waals surface area (Å²) in [6, 6.07) is 14.7. The van der Waals surface area contributed by atoms with Gasteiger partial charge in [-0.15, -0.1) is 10.2 Å². The van der Waals surface area contributed by atoms with Crippen LogP contribution in [0.4, 0.5) is 10.8 Å². The SMILES string of the molecule is COc1cccc(C(=O)CSc2nnc(Nc3ccccc3OC)s2)c1. The summed E-state index contributed by atoms with van der Waals surface area (Å²) in [4.78, 5) is 12.3. The number of carbonyl (C=O) groups is 1. The van der Waals surface area contributed by atoms with Crippen molar-refractivity contribution in [3.8, 4) is 11.5 Å². The molecule has 1 heterocycles. The van der Waals surface area contributed by atoms with Crippen LogP contribution in [0.2, 0.25) is 0 Å². The van der Waals surface area contributed by atoms with E-state index in [1.165, 1.54) is 23.1 Å². The molecule has 0 saturated heterocycles. The zero-order valence-electron chi connectivity index (χ0n) is 14.3. The quantitative estimate of drug-likeness (QED) is 0.457. The maximum absolute atomic E-state index is 12.3. The van der Waals surface area contributed by atoms with E-state index < -0.39 is 0 Å². The Balaban J connectivity index is 1.60. The Labute approximate surface area is 159 Å². The first kappa shape index (κ1) is 18.2. The number of thioether (sulfide) groups is 1. The fourth-order valence-corrected chi connectivity index (χ4v) is 3.85. The number of aromatic nitrogens is 2. The van der Waals surface area contributed by atoms with Gasteiger partial charge in [-0.3, -0.25) is 4.79 Å². The number of ether oxygens (including phenoxy) is 2. The van der Waals surface area contributed by atoms with Gasteiger partial charge in [0.1, 0.15) is 11.5 Å². The van der Waals surface area contributed by atoms with Gasteiger partial charge in [0.15, 0.2) is 10.1 Å². The van der Waals surface area contributed by atoms with Crippen molar-refractivity contribution >= 4 is 39.7 Å². The Morgan fingerprint density at radius 3 is 2.77 bits per heavy atom. The number of Topliss-reactive ketones (excluding diaryl/α,β-unsaturated/α-hetero) is 1. The van der Waals surface area contributed by atoms with Crippen LogP contribution in [0.25, 0.3) is 0 Å². The van der Waals surface area contributed by atoms with Gasteiger partial charge in [0.2, 0.25) is 5.13 Å². The van der Waals surface area contributed by atoms with E-state index in [2.05, 4.69) is 15.5 Å². The average Bonchev–Trinajstić information content (AvgIpc) is 3.14. The third-order valence-corrected chi connectivity index (χ3v) is 5.45. The Morgan fingerprint density at radius 2 is 1.96 bits per heavy atom. The lowest BCUT2D eigenvalue weighted by atomic mass is 10.1. The normalized spacial score (nSPS) is 10.4. The van der Waals surface area contributed by atoms with Gasteiger partial charge in [0.25, 0.3) is 0 Å². The molecule has 0 amide bonds. The van der Waals surface area contributed by atoms with Crippen LogP contribution in [0.3, 0.4) is 0 Å². The third kappa shape index (κ3) is 4.53. The van der Waals surface area contributed by atoms with Crippen LogP contribution >= 0.6 is 23.1 Å². The third-order valence-electron chi connectivity index (χ3n) is 3.47. The minimum absolute atomic E-state index is 0.0170. The zero-order chi connectivity index (χ0) is 18.4. The van der Waals surface area contributed by atoms with Gasteiger partial charge in [-0.05, 0) is 24.3 Å². The van der Waals surface area contributed by atoms with Crippen LogP contribution < -0.4 is 14.8 Å². The van der Waals surface area contributed by atoms with Crippen molar-refractivity contribution in [2.45, 2.75) is 4.34 Å². The molecule has 8 heteroatoms. The molecule has 0 aliphatic carbocycles. The van der Waals surface area contributed by atoms with E-state index in [9.17, 15) is 4.79 Å². The van der Waals surface area contributed by atoms with E-state index in [-0.39, 0.29) is 11.5 Å². The highest BCUT2D eigenvalue weighted by atomic mass is 32.2. The number of rotatable bonds is 8. The van der Waals surface area contributed by atoms with Crippen molar-refractivity contribution in [2.75, 3.05) is 25.3 Å². The van der Waals surface area contributed by atoms with Gasteiger partial charge < -0.3 is 14.8 Å². The fourth-order valence-electron chi connectivity index (χ4n) is 2.19. The number of anilines is 2. The first-order valence-electron chi connectivity index (χ1n) is 7.73. The molecule has 0 aliphatic rings. The van der Waals surface area contributed by atoms with Crippen LogP contribution in [0.1, 0.15) is 10.4 Å². The molecule has 0 fully saturated rings. The number of ketones is 1. The van der Waals surface area contributed by atoms with Crippen molar-refractivity contribution in [3.63, 3.8) is 0 Å². The molecule has 0 unspecified atom stereocenters. The molecule has 0 atom stereocenters. The van der Waals surface area contributed by atoms with E-state index in [4.69, 9.17) is 9.47 Å². The maximum atomic E-state index is 12.3. The number of methoxy groups -OCH3 is 2. The predicted molar refractivity (Wildman–Crippen MR) is 104 cm³/mol. The Hall–Kier alpha value is -2.58. The van der Waals surface area contributed by atoms with Crippen molar-refractivity contribution in [1.29, 1.82) is 0 Å². The molecule has 1 aromatic heterocycles. The predicted octanol–water partition coefficient (Wildman–Crippen LogP) is 4.27. The van der Waals surface area contributed by atoms with Gasteiger partial charge in [0.05, 0.1) is 25.7 Å². The van der Waals surface area contributed by atoms with Gasteiger partial charge in [-0.2, -0.15) is 0 Å². The minimum atomic E-state index is 0.0170. The number of benzene rings is 2. The van der Waals surface area contributed by atoms with Crippen LogP contribution in [0, 0.1) is 0 Å². The molecule has 6 nitrogen and oxygen atoms in total. The molecule has 1 N–H and O–H groups in total. The average molecular weight is 387 g/mol. The number of hydrogen-bond donors (Lipinski definition) is 1. The lowest BCUT2D eigenvalue weighted by molar-refractivity contribution is 0.102. The Bertz CT molecular complexity index is 899. The summed E-state index contributed by atoms with van der Waals surface area (Å²) < 4.78 is 11.2. The highest BCUT2D eigenvalue weighted by Crippen LogP contribution is 2.31. The van der Waals surface area contributed by atoms with Crippen LogP contribution in [-0.2, 0) is 0 Å². The summed E-state index contributed by atoms with van der Waals surface area (Å²) >= 11 is 2.75. The van der Waals surface area contributed by atoms with Crippen molar-refractivity contribution in [1.82, 2.24) is 10.2 Å². The second kappa shape index (κ2) is 8.68. The first-order chi connectivity index (χ1) is 12.7. The lowest BCUT2D eigenvalue weighted by Crippen LogP contribution is -2.02. The van der Waals surface area contributed by atoms with Crippen molar-refractivity contribution in [3.05, 3.63) is 54.1 Å². The maximum Gasteiger partial charge on any atom is 0.210 e. The van der Waals surface area contributed by atoms with Crippen LogP contribution in [0.15, 0.2) is 52.9 Å². The van der Waals surface area contributed by atoms with Crippen molar-refractivity contribution < 1.29 is 14.3 Å². The molecule has 2 aromatic carbocycles. The second-order valence-electron chi connectivity index (χ2n) is 5.14. The summed E-state index contributed by atoms with van der Waals surface area (Å²) in [5.74, 6) is 1.70. The van der Waals surface area contributed by atoms with Crippen LogP contribution in [-0.4, -0.2) is 36.0 Å². The standard InChI is InChI=1S/C18H17N3O3S2/c1-23-13-7-5-6-12(10-13)15(22)11-25-18-21-20-17(26-18)19-14-8-3-4-9-16(14)24-2/h3-10H,11H2,1-2H3,(H,19,20). The van der Waals surface area contributed by atoms with Gasteiger partial charge in [-0.1, -0.05) is 47.4 Å². The number of nitrogens with one attached hydrogen (secondary N) is 1. The first-order valence-corrected chi connectivity index (χ1v) is 9.53. The molecule has 0 radical (unpaired) electrons. The zero-order valence-corrected chi connectivity index (χ0v) is 15.9. The largest absolute Gasteiger partial charge is 0.497 e. The van der Waals surface area contributed by atoms with Gasteiger partial charge in [0, 0.05) is 5.56 Å². The molecule has 0 saturated carbocycles. The minimum Gasteiger partial charge on any atom is -0.497 e. The molecule has 3 rings (SSSR count). The molecule has 0 bridgehead atoms. The van der Waals surface area contributed by atoms with E-state index in [0.717, 1.165) is 15.8 Å². The molecule has 134 valence electrons. The summed E-state index contributed by atoms with van der Waals surface area (Å²) in [5.41, 5.74) is 1.43. The molecule has 26 heavy (non-hydrogen) atoms. The topological polar surface area (TPSA) is 73.3 Å². The molecular formula is C18H17N3O3S2. The Morgan fingerprint density at radius 1 is 1.12 bits per heavy atom. The number of nitrogens with zero attached hydrogens (tertiary/aromatic N) is 2. The van der Waals surface area contributed by atoms with Gasteiger partial charge in [-0.25, -0.2) is 0 Å². The number of para-hydroxylation sites is 2.